The molecule has 1 heterocycles. The van der Waals surface area contributed by atoms with Crippen molar-refractivity contribution in [2.75, 3.05) is 0 Å². The van der Waals surface area contributed by atoms with Crippen LogP contribution in [0.15, 0.2) is 24.4 Å². The summed E-state index contributed by atoms with van der Waals surface area (Å²) in [6.07, 6.45) is 2.62. The van der Waals surface area contributed by atoms with Gasteiger partial charge in [-0.25, -0.2) is 0 Å². The summed E-state index contributed by atoms with van der Waals surface area (Å²) in [7, 11) is 0. The van der Waals surface area contributed by atoms with E-state index in [1.54, 1.807) is 12.3 Å². The highest BCUT2D eigenvalue weighted by atomic mass is 16.3. The molecule has 0 fully saturated rings. The van der Waals surface area contributed by atoms with E-state index < -0.39 is 0 Å². The lowest BCUT2D eigenvalue weighted by Crippen LogP contribution is -2.18. The van der Waals surface area contributed by atoms with Crippen LogP contribution in [-0.4, -0.2) is 21.0 Å². The molecule has 2 rings (SSSR count). The molecule has 0 amide bonds. The van der Waals surface area contributed by atoms with Gasteiger partial charge in [-0.1, -0.05) is 53.7 Å². The summed E-state index contributed by atoms with van der Waals surface area (Å²) >= 11 is 0. The van der Waals surface area contributed by atoms with Crippen LogP contribution in [0.25, 0.3) is 0 Å². The van der Waals surface area contributed by atoms with Gasteiger partial charge in [0.25, 0.3) is 0 Å². The minimum absolute atomic E-state index is 0.0123. The molecule has 1 aromatic carbocycles. The van der Waals surface area contributed by atoms with Gasteiger partial charge < -0.3 is 15.2 Å². The second kappa shape index (κ2) is 7.28. The first-order valence-corrected chi connectivity index (χ1v) is 9.12. The summed E-state index contributed by atoms with van der Waals surface area (Å²) in [5.74, 6) is 0.341. The molecule has 0 saturated carbocycles. The highest BCUT2D eigenvalue weighted by molar-refractivity contribution is 5.95. The van der Waals surface area contributed by atoms with Gasteiger partial charge in [-0.05, 0) is 40.0 Å². The Morgan fingerprint density at radius 1 is 1.04 bits per heavy atom. The van der Waals surface area contributed by atoms with E-state index in [0.717, 1.165) is 16.7 Å². The van der Waals surface area contributed by atoms with Crippen LogP contribution >= 0.6 is 0 Å². The zero-order valence-electron chi connectivity index (χ0n) is 16.7. The second-order valence-electron chi connectivity index (χ2n) is 9.00. The van der Waals surface area contributed by atoms with Crippen molar-refractivity contribution >= 4 is 5.78 Å². The molecule has 0 aliphatic heterocycles. The summed E-state index contributed by atoms with van der Waals surface area (Å²) < 4.78 is 0. The number of hydrogen-bond donors (Lipinski definition) is 3. The maximum atomic E-state index is 12.5. The number of Topliss-reactive ketones (excluding diaryl/α,β-unsaturated/α-hetero) is 1. The lowest BCUT2D eigenvalue weighted by Gasteiger charge is -2.28. The molecule has 0 spiro atoms. The molecule has 1 aromatic heterocycles. The Bertz CT molecular complexity index is 753. The van der Waals surface area contributed by atoms with E-state index in [0.29, 0.717) is 29.8 Å². The normalized spacial score (nSPS) is 12.4. The highest BCUT2D eigenvalue weighted by Crippen LogP contribution is 2.40. The summed E-state index contributed by atoms with van der Waals surface area (Å²) in [5, 5.41) is 20.1. The molecule has 0 radical (unpaired) electrons. The predicted octanol–water partition coefficient (Wildman–Crippen LogP) is 4.62. The average Bonchev–Trinajstić information content (AvgIpc) is 2.99. The van der Waals surface area contributed by atoms with Gasteiger partial charge >= 0.3 is 0 Å². The largest absolute Gasteiger partial charge is 0.507 e. The van der Waals surface area contributed by atoms with E-state index >= 15 is 0 Å². The molecular weight excluding hydrogens is 326 g/mol. The molecule has 0 unspecified atom stereocenters. The van der Waals surface area contributed by atoms with Gasteiger partial charge in [0, 0.05) is 18.2 Å². The number of carbonyl (C=O) groups excluding carboxylic acids is 1. The van der Waals surface area contributed by atoms with Crippen LogP contribution in [0.4, 0.5) is 0 Å². The molecule has 0 bridgehead atoms. The minimum atomic E-state index is -0.187. The number of hydrogen-bond acceptors (Lipinski definition) is 3. The Hall–Kier alpha value is -2.07. The molecule has 0 aliphatic rings. The van der Waals surface area contributed by atoms with Crippen LogP contribution in [0, 0.1) is 0 Å². The molecule has 0 atom stereocenters. The quantitative estimate of drug-likeness (QED) is 0.684. The molecule has 4 nitrogen and oxygen atoms in total. The second-order valence-corrected chi connectivity index (χ2v) is 9.00. The topological polar surface area (TPSA) is 73.3 Å². The third-order valence-electron chi connectivity index (χ3n) is 4.71. The number of aromatic hydroxyl groups is 1. The van der Waals surface area contributed by atoms with Crippen molar-refractivity contribution in [1.82, 2.24) is 4.98 Å². The first kappa shape index (κ1) is 20.2. The number of phenols is 1. The van der Waals surface area contributed by atoms with E-state index in [-0.39, 0.29) is 23.2 Å². The minimum Gasteiger partial charge on any atom is -0.507 e. The number of carbonyl (C=O) groups is 1. The fourth-order valence-corrected chi connectivity index (χ4v) is 3.16. The van der Waals surface area contributed by atoms with Crippen LogP contribution in [0.3, 0.4) is 0 Å². The molecule has 26 heavy (non-hydrogen) atoms. The number of aryl methyl sites for hydroxylation is 1. The van der Waals surface area contributed by atoms with E-state index in [4.69, 9.17) is 0 Å². The third-order valence-corrected chi connectivity index (χ3v) is 4.71. The molecule has 4 heteroatoms. The lowest BCUT2D eigenvalue weighted by atomic mass is 9.78. The third kappa shape index (κ3) is 4.36. The van der Waals surface area contributed by atoms with Crippen molar-refractivity contribution in [2.24, 2.45) is 0 Å². The summed E-state index contributed by atoms with van der Waals surface area (Å²) in [6, 6.07) is 5.75. The number of ketones is 1. The van der Waals surface area contributed by atoms with E-state index in [2.05, 4.69) is 46.5 Å². The zero-order chi connectivity index (χ0) is 19.7. The Labute approximate surface area is 156 Å². The predicted molar refractivity (Wildman–Crippen MR) is 105 cm³/mol. The average molecular weight is 357 g/mol. The maximum absolute atomic E-state index is 12.5. The number of rotatable bonds is 5. The molecule has 2 aromatic rings. The van der Waals surface area contributed by atoms with Crippen LogP contribution in [0.5, 0.6) is 5.75 Å². The standard InChI is InChI=1S/C22H31NO3/c1-21(2,3)16-11-14(12-17(20(16)26)22(4,5)6)7-8-18(25)19-15(13-24)9-10-23-19/h9-12,23-24,26H,7-8,13H2,1-6H3. The highest BCUT2D eigenvalue weighted by Gasteiger charge is 2.26. The van der Waals surface area contributed by atoms with Crippen LogP contribution in [0.1, 0.15) is 80.7 Å². The van der Waals surface area contributed by atoms with Gasteiger partial charge in [0.1, 0.15) is 5.75 Å². The number of benzene rings is 1. The summed E-state index contributed by atoms with van der Waals surface area (Å²) in [6.45, 7) is 12.3. The van der Waals surface area contributed by atoms with Crippen molar-refractivity contribution in [1.29, 1.82) is 0 Å². The van der Waals surface area contributed by atoms with Gasteiger partial charge in [-0.3, -0.25) is 4.79 Å². The number of aromatic amines is 1. The number of aliphatic hydroxyl groups excluding tert-OH is 1. The first-order valence-electron chi connectivity index (χ1n) is 9.12. The monoisotopic (exact) mass is 357 g/mol. The van der Waals surface area contributed by atoms with Gasteiger partial charge in [0.15, 0.2) is 5.78 Å². The summed E-state index contributed by atoms with van der Waals surface area (Å²) in [5.41, 5.74) is 3.60. The fraction of sp³-hybridized carbons (Fsp3) is 0.500. The number of aliphatic hydroxyl groups is 1. The molecule has 0 saturated heterocycles. The van der Waals surface area contributed by atoms with Crippen LogP contribution in [0.2, 0.25) is 0 Å². The fourth-order valence-electron chi connectivity index (χ4n) is 3.16. The number of H-pyrrole nitrogens is 1. The van der Waals surface area contributed by atoms with E-state index in [1.165, 1.54) is 0 Å². The van der Waals surface area contributed by atoms with Crippen molar-refractivity contribution in [3.63, 3.8) is 0 Å². The zero-order valence-corrected chi connectivity index (χ0v) is 16.7. The SMILES string of the molecule is CC(C)(C)c1cc(CCC(=O)c2[nH]ccc2CO)cc(C(C)(C)C)c1O. The molecule has 3 N–H and O–H groups in total. The maximum Gasteiger partial charge on any atom is 0.179 e. The number of phenolic OH excluding ortho intramolecular Hbond substituents is 1. The van der Waals surface area contributed by atoms with Crippen molar-refractivity contribution in [3.05, 3.63) is 52.3 Å². The van der Waals surface area contributed by atoms with Crippen molar-refractivity contribution in [2.45, 2.75) is 71.8 Å². The Morgan fingerprint density at radius 2 is 1.58 bits per heavy atom. The molecule has 142 valence electrons. The van der Waals surface area contributed by atoms with Gasteiger partial charge in [-0.2, -0.15) is 0 Å². The van der Waals surface area contributed by atoms with Gasteiger partial charge in [0.05, 0.1) is 12.3 Å². The molecule has 0 aliphatic carbocycles. The van der Waals surface area contributed by atoms with Crippen molar-refractivity contribution in [3.8, 4) is 5.75 Å². The Morgan fingerprint density at radius 3 is 2.04 bits per heavy atom. The van der Waals surface area contributed by atoms with E-state index in [9.17, 15) is 15.0 Å². The first-order chi connectivity index (χ1) is 11.9. The van der Waals surface area contributed by atoms with Crippen LogP contribution in [-0.2, 0) is 23.9 Å². The smallest absolute Gasteiger partial charge is 0.179 e. The molecular formula is C22H31NO3. The Kier molecular flexibility index (Phi) is 5.67. The van der Waals surface area contributed by atoms with Gasteiger partial charge in [0.2, 0.25) is 0 Å². The number of aromatic nitrogens is 1. The van der Waals surface area contributed by atoms with Gasteiger partial charge in [-0.15, -0.1) is 0 Å². The number of nitrogens with one attached hydrogen (secondary N) is 1. The van der Waals surface area contributed by atoms with Crippen molar-refractivity contribution < 1.29 is 15.0 Å². The lowest BCUT2D eigenvalue weighted by molar-refractivity contribution is 0.0975. The van der Waals surface area contributed by atoms with E-state index in [1.807, 2.05) is 12.1 Å². The van der Waals surface area contributed by atoms with Crippen LogP contribution < -0.4 is 0 Å². The summed E-state index contributed by atoms with van der Waals surface area (Å²) in [4.78, 5) is 15.4. The Balaban J connectivity index is 2.33.